The monoisotopic (exact) mass is 418 g/mol. The molecule has 0 aromatic rings. The molecule has 0 amide bonds. The van der Waals surface area contributed by atoms with Gasteiger partial charge in [0, 0.05) is 14.2 Å². The maximum absolute atomic E-state index is 12.4. The number of hydrogen-bond acceptors (Lipinski definition) is 10. The van der Waals surface area contributed by atoms with Gasteiger partial charge in [0.2, 0.25) is 0 Å². The molecule has 0 rings (SSSR count). The van der Waals surface area contributed by atoms with E-state index in [-0.39, 0.29) is 0 Å². The molecule has 0 aromatic heterocycles. The van der Waals surface area contributed by atoms with E-state index in [0.29, 0.717) is 0 Å². The summed E-state index contributed by atoms with van der Waals surface area (Å²) < 4.78 is 70.1. The lowest BCUT2D eigenvalue weighted by molar-refractivity contribution is 0.181. The first-order chi connectivity index (χ1) is 9.72. The second-order valence-electron chi connectivity index (χ2n) is 3.12. The van der Waals surface area contributed by atoms with Crippen molar-refractivity contribution in [2.45, 2.75) is 19.6 Å². The number of rotatable bonds is 12. The summed E-state index contributed by atoms with van der Waals surface area (Å²) in [6.45, 7) is 5.00. The van der Waals surface area contributed by atoms with Crippen LogP contribution in [0.3, 0.4) is 0 Å². The van der Waals surface area contributed by atoms with Gasteiger partial charge in [-0.1, -0.05) is 19.6 Å². The lowest BCUT2D eigenvalue weighted by atomic mass is 11.8. The van der Waals surface area contributed by atoms with Crippen LogP contribution in [0.5, 0.6) is 0 Å². The topological polar surface area (TPSA) is 116 Å². The molecule has 1 atom stereocenters. The third-order valence-electron chi connectivity index (χ3n) is 1.71. The molecule has 16 heteroatoms. The Balaban J connectivity index is 5.31. The van der Waals surface area contributed by atoms with Crippen LogP contribution >= 0.6 is 23.5 Å². The van der Waals surface area contributed by atoms with Gasteiger partial charge in [-0.2, -0.15) is 8.62 Å². The average molecular weight is 418 g/mol. The van der Waals surface area contributed by atoms with Crippen LogP contribution in [0.4, 0.5) is 0 Å². The van der Waals surface area contributed by atoms with Gasteiger partial charge in [0.1, 0.15) is 0 Å². The van der Waals surface area contributed by atoms with Crippen LogP contribution in [0.25, 0.3) is 0 Å². The van der Waals surface area contributed by atoms with E-state index in [2.05, 4.69) is 9.05 Å². The Bertz CT molecular complexity index is 428. The van der Waals surface area contributed by atoms with Crippen LogP contribution in [0.2, 0.25) is 19.6 Å². The minimum Gasteiger partial charge on any atom is -0.338 e. The Kier molecular flexibility index (Phi) is 10.5. The molecule has 0 aliphatic heterocycles. The normalized spacial score (nSPS) is 19.9. The fraction of sp³-hybridized carbons (Fsp3) is 1.00. The molecule has 0 aliphatic carbocycles. The predicted molar refractivity (Wildman–Crippen MR) is 85.5 cm³/mol. The van der Waals surface area contributed by atoms with Crippen LogP contribution < -0.4 is 0 Å². The quantitative estimate of drug-likeness (QED) is 0.337. The highest BCUT2D eigenvalue weighted by atomic mass is 31.3. The van der Waals surface area contributed by atoms with E-state index in [1.165, 1.54) is 0 Å². The van der Waals surface area contributed by atoms with Gasteiger partial charge in [0.25, 0.3) is 0 Å². The Morgan fingerprint density at radius 2 is 0.952 bits per heavy atom. The molecule has 0 aromatic carbocycles. The Morgan fingerprint density at radius 3 is 1.29 bits per heavy atom. The molecule has 0 bridgehead atoms. The van der Waals surface area contributed by atoms with E-state index >= 15 is 0 Å². The summed E-state index contributed by atoms with van der Waals surface area (Å²) in [5.74, 6) is 0. The fourth-order valence-corrected chi connectivity index (χ4v) is 11.3. The van der Waals surface area contributed by atoms with Gasteiger partial charge in [-0.3, -0.25) is 9.05 Å². The molecular weight excluding hydrogens is 397 g/mol. The lowest BCUT2D eigenvalue weighted by Crippen LogP contribution is -2.06. The Morgan fingerprint density at radius 1 is 0.619 bits per heavy atom. The van der Waals surface area contributed by atoms with Crippen molar-refractivity contribution in [2.75, 3.05) is 14.2 Å². The molecule has 0 saturated carbocycles. The van der Waals surface area contributed by atoms with E-state index in [0.717, 1.165) is 14.2 Å². The molecule has 0 N–H and O–H groups in total. The van der Waals surface area contributed by atoms with Crippen LogP contribution in [0.1, 0.15) is 0 Å². The van der Waals surface area contributed by atoms with E-state index in [9.17, 15) is 13.7 Å². The second-order valence-corrected chi connectivity index (χ2v) is 12.7. The van der Waals surface area contributed by atoms with Crippen molar-refractivity contribution in [3.8, 4) is 0 Å². The van der Waals surface area contributed by atoms with Gasteiger partial charge in [-0.15, -0.1) is 0 Å². The van der Waals surface area contributed by atoms with E-state index in [1.54, 1.807) is 19.6 Å². The van der Waals surface area contributed by atoms with E-state index < -0.39 is 52.8 Å². The second kappa shape index (κ2) is 10.0. The molecule has 0 fully saturated rings. The van der Waals surface area contributed by atoms with Gasteiger partial charge in [-0.25, -0.2) is 13.7 Å². The molecule has 0 aliphatic rings. The highest BCUT2D eigenvalue weighted by molar-refractivity contribution is 7.68. The first-order valence-electron chi connectivity index (χ1n) is 5.99. The molecule has 10 nitrogen and oxygen atoms in total. The van der Waals surface area contributed by atoms with Gasteiger partial charge in [0.05, 0.1) is 0 Å². The van der Waals surface area contributed by atoms with Crippen LogP contribution in [-0.4, -0.2) is 43.5 Å². The summed E-state index contributed by atoms with van der Waals surface area (Å²) in [6, 6.07) is 0. The van der Waals surface area contributed by atoms with Crippen LogP contribution in [-0.2, 0) is 44.0 Å². The molecule has 0 spiro atoms. The predicted octanol–water partition coefficient (Wildman–Crippen LogP) is 1.08. The van der Waals surface area contributed by atoms with Crippen molar-refractivity contribution in [3.63, 3.8) is 0 Å². The van der Waals surface area contributed by atoms with Gasteiger partial charge in [-0.05, 0) is 0 Å². The van der Waals surface area contributed by atoms with Gasteiger partial charge >= 0.3 is 23.5 Å². The third-order valence-corrected chi connectivity index (χ3v) is 12.7. The van der Waals surface area contributed by atoms with Crippen molar-refractivity contribution in [1.29, 1.82) is 0 Å². The summed E-state index contributed by atoms with van der Waals surface area (Å²) >= 11 is 0. The highest BCUT2D eigenvalue weighted by Crippen LogP contribution is 2.72. The van der Waals surface area contributed by atoms with Gasteiger partial charge < -0.3 is 12.6 Å². The fourth-order valence-electron chi connectivity index (χ4n) is 1.01. The molecular formula is C5H21O10P3Si3. The smallest absolute Gasteiger partial charge is 0.338 e. The zero-order chi connectivity index (χ0) is 16.6. The zero-order valence-corrected chi connectivity index (χ0v) is 19.5. The summed E-state index contributed by atoms with van der Waals surface area (Å²) in [4.78, 5) is 0. The first kappa shape index (κ1) is 22.1. The number of phosphoric ester groups is 1. The van der Waals surface area contributed by atoms with Gasteiger partial charge in [0.15, 0.2) is 29.3 Å². The molecule has 0 heterocycles. The zero-order valence-electron chi connectivity index (χ0n) is 12.5. The summed E-state index contributed by atoms with van der Waals surface area (Å²) in [7, 11) is -14.4. The van der Waals surface area contributed by atoms with Crippen molar-refractivity contribution < 1.29 is 44.0 Å². The Hall–Kier alpha value is 1.06. The summed E-state index contributed by atoms with van der Waals surface area (Å²) in [6.07, 6.45) is 0. The lowest BCUT2D eigenvalue weighted by Gasteiger charge is -2.24. The van der Waals surface area contributed by atoms with Crippen molar-refractivity contribution in [2.24, 2.45) is 0 Å². The molecule has 128 valence electrons. The van der Waals surface area contributed by atoms with Crippen LogP contribution in [0.15, 0.2) is 0 Å². The van der Waals surface area contributed by atoms with E-state index in [4.69, 9.17) is 21.3 Å². The minimum atomic E-state index is -4.47. The van der Waals surface area contributed by atoms with Crippen molar-refractivity contribution in [1.82, 2.24) is 0 Å². The summed E-state index contributed by atoms with van der Waals surface area (Å²) in [5.41, 5.74) is 0. The highest BCUT2D eigenvalue weighted by Gasteiger charge is 2.45. The summed E-state index contributed by atoms with van der Waals surface area (Å²) in [5, 5.41) is 0. The minimum absolute atomic E-state index is 1.03. The van der Waals surface area contributed by atoms with Crippen molar-refractivity contribution in [3.05, 3.63) is 0 Å². The molecule has 0 saturated heterocycles. The average Bonchev–Trinajstić information content (AvgIpc) is 2.38. The van der Waals surface area contributed by atoms with Crippen LogP contribution in [0, 0.1) is 0 Å². The largest absolute Gasteiger partial charge is 0.483 e. The number of phosphoric acid groups is 3. The Labute approximate surface area is 131 Å². The SMILES string of the molecule is COP(=O)(OC)OP(=O)(O[SiH2]C)OP(=O)(O[SiH2]C)O[SiH2]C. The molecule has 1 unspecified atom stereocenters. The standard InChI is InChI=1S/C5H21O10P3Si3/c1-9-16(6,10-2)11-17(7,13-19-3)12-18(8,14-20-4)15-21-5/h19-21H2,1-5H3. The van der Waals surface area contributed by atoms with Crippen molar-refractivity contribution >= 4 is 52.8 Å². The molecule has 21 heavy (non-hydrogen) atoms. The maximum atomic E-state index is 12.4. The molecule has 0 radical (unpaired) electrons. The number of hydrogen-bond donors (Lipinski definition) is 0. The maximum Gasteiger partial charge on any atom is 0.483 e. The third kappa shape index (κ3) is 7.93. The first-order valence-corrected chi connectivity index (χ1v) is 16.4. The van der Waals surface area contributed by atoms with E-state index in [1.807, 2.05) is 0 Å².